The Hall–Kier alpha value is -2.18. The molecular formula is C54H106N6O20. The summed E-state index contributed by atoms with van der Waals surface area (Å²) in [6.07, 6.45) is -2.29. The second-order valence-corrected chi connectivity index (χ2v) is 21.1. The van der Waals surface area contributed by atoms with E-state index in [0.717, 1.165) is 13.2 Å². The summed E-state index contributed by atoms with van der Waals surface area (Å²) in [5, 5.41) is 25.8. The van der Waals surface area contributed by atoms with Gasteiger partial charge in [0.2, 0.25) is 0 Å². The monoisotopic (exact) mass is 1160 g/mol. The topological polar surface area (TPSA) is 311 Å². The lowest BCUT2D eigenvalue weighted by Crippen LogP contribution is -2.30. The van der Waals surface area contributed by atoms with Crippen LogP contribution in [0.15, 0.2) is 10.2 Å². The number of epoxide rings is 2. The first-order valence-corrected chi connectivity index (χ1v) is 28.6. The molecule has 18 unspecified atom stereocenters. The van der Waals surface area contributed by atoms with Gasteiger partial charge in [-0.1, -0.05) is 10.2 Å². The van der Waals surface area contributed by atoms with Crippen LogP contribution in [0.3, 0.4) is 0 Å². The maximum Gasteiger partial charge on any atom is 0.104 e. The Morgan fingerprint density at radius 2 is 0.537 bits per heavy atom. The average Bonchev–Trinajstić information content (AvgIpc) is 4.40. The highest BCUT2D eigenvalue weighted by atomic mass is 16.6. The molecule has 2 heterocycles. The van der Waals surface area contributed by atoms with Gasteiger partial charge in [-0.2, -0.15) is 0 Å². The van der Waals surface area contributed by atoms with Crippen LogP contribution in [0.1, 0.15) is 96.9 Å². The van der Waals surface area contributed by atoms with Crippen molar-refractivity contribution in [2.75, 3.05) is 145 Å². The number of azide groups is 2. The number of nitrogens with zero attached hydrogens (tertiary/aromatic N) is 6. The van der Waals surface area contributed by atoms with Gasteiger partial charge in [0, 0.05) is 9.82 Å². The second kappa shape index (κ2) is 48.1. The Labute approximate surface area is 477 Å². The highest BCUT2D eigenvalue weighted by molar-refractivity contribution is 4.70. The van der Waals surface area contributed by atoms with Crippen molar-refractivity contribution in [3.63, 3.8) is 0 Å². The summed E-state index contributed by atoms with van der Waals surface area (Å²) < 4.78 is 102. The number of rotatable bonds is 54. The van der Waals surface area contributed by atoms with Crippen LogP contribution in [0.5, 0.6) is 0 Å². The van der Waals surface area contributed by atoms with Crippen LogP contribution >= 0.6 is 0 Å². The molecule has 2 rings (SSSR count). The number of hydrogen-bond acceptors (Lipinski definition) is 22. The van der Waals surface area contributed by atoms with Crippen molar-refractivity contribution in [3.05, 3.63) is 20.9 Å². The van der Waals surface area contributed by atoms with Crippen molar-refractivity contribution in [3.8, 4) is 0 Å². The van der Waals surface area contributed by atoms with E-state index in [1.807, 2.05) is 96.9 Å². The van der Waals surface area contributed by atoms with Crippen LogP contribution in [0, 0.1) is 0 Å². The maximum absolute atomic E-state index is 9.63. The molecule has 0 aromatic rings. The Morgan fingerprint density at radius 3 is 0.800 bits per heavy atom. The smallest absolute Gasteiger partial charge is 0.104 e. The van der Waals surface area contributed by atoms with E-state index in [0.29, 0.717) is 106 Å². The minimum absolute atomic E-state index is 0.0148. The lowest BCUT2D eigenvalue weighted by Gasteiger charge is -2.23. The van der Waals surface area contributed by atoms with Crippen LogP contribution in [-0.2, 0) is 85.3 Å². The molecule has 80 heavy (non-hydrogen) atoms. The molecule has 2 N–H and O–H groups in total. The van der Waals surface area contributed by atoms with Gasteiger partial charge in [-0.25, -0.2) is 0 Å². The second-order valence-electron chi connectivity index (χ2n) is 21.1. The minimum Gasteiger partial charge on any atom is -0.391 e. The fourth-order valence-electron chi connectivity index (χ4n) is 6.25. The molecule has 0 spiro atoms. The van der Waals surface area contributed by atoms with Gasteiger partial charge < -0.3 is 95.5 Å². The first-order valence-electron chi connectivity index (χ1n) is 28.6. The van der Waals surface area contributed by atoms with Gasteiger partial charge in [0.15, 0.2) is 0 Å². The van der Waals surface area contributed by atoms with Crippen LogP contribution in [0.25, 0.3) is 20.9 Å². The normalized spacial score (nSPS) is 21.1. The Morgan fingerprint density at radius 1 is 0.325 bits per heavy atom. The van der Waals surface area contributed by atoms with E-state index in [1.165, 1.54) is 0 Å². The highest BCUT2D eigenvalue weighted by Gasteiger charge is 2.25. The van der Waals surface area contributed by atoms with Crippen LogP contribution in [0.4, 0.5) is 0 Å². The van der Waals surface area contributed by atoms with Gasteiger partial charge >= 0.3 is 0 Å². The molecule has 472 valence electrons. The van der Waals surface area contributed by atoms with Gasteiger partial charge in [0.1, 0.15) is 12.2 Å². The van der Waals surface area contributed by atoms with Crippen LogP contribution < -0.4 is 0 Å². The molecule has 0 aromatic heterocycles. The zero-order chi connectivity index (χ0) is 59.5. The maximum atomic E-state index is 9.63. The van der Waals surface area contributed by atoms with Crippen molar-refractivity contribution in [2.45, 2.75) is 207 Å². The first-order chi connectivity index (χ1) is 38.2. The Balaban J connectivity index is 0.000000808. The summed E-state index contributed by atoms with van der Waals surface area (Å²) in [4.78, 5) is 5.20. The molecule has 2 saturated heterocycles. The van der Waals surface area contributed by atoms with Crippen molar-refractivity contribution >= 4 is 0 Å². The molecule has 0 radical (unpaired) electrons. The standard InChI is InChI=1S/C27H54N6O10.C27H52O10/c1-19(10-36-17-26(34)8-30-32-28)37-11-20(2)38-12-21(3)39-13-22(4)40-14-23(5)41-15-24(6)42-16-25(7)43-18-27(35)9-31-33-29;1-19(8-28-15-26-17-36-26)29-9-20(2)30-10-21(3)31-11-22(4)32-12-23(5)33-13-24(6)34-14-25(7)35-16-27-18-37-27/h19-27,34-35H,8-18H2,1-7H3;19-27H,8-18H2,1-7H3. The van der Waals surface area contributed by atoms with Crippen LogP contribution in [-0.4, -0.2) is 265 Å². The molecule has 26 heteroatoms. The summed E-state index contributed by atoms with van der Waals surface area (Å²) in [6, 6.07) is 0. The predicted octanol–water partition coefficient (Wildman–Crippen LogP) is 5.82. The summed E-state index contributed by atoms with van der Waals surface area (Å²) >= 11 is 0. The van der Waals surface area contributed by atoms with Gasteiger partial charge in [-0.3, -0.25) is 0 Å². The average molecular weight is 1160 g/mol. The van der Waals surface area contributed by atoms with Gasteiger partial charge in [-0.15, -0.1) is 0 Å². The Kier molecular flexibility index (Phi) is 45.6. The molecule has 0 aromatic carbocycles. The van der Waals surface area contributed by atoms with Crippen molar-refractivity contribution in [2.24, 2.45) is 10.2 Å². The SMILES string of the molecule is CC(COCC(O)CN=[N+]=[N-])OCC(C)OCC(C)OCC(C)OCC(C)OCC(C)OCC(C)OCC(O)CN=[N+]=[N-].CC(COCC1CO1)OCC(C)OCC(C)OCC(C)OCC(C)OCC(C)OCC(C)OCC1CO1. The number of hydrogen-bond donors (Lipinski definition) is 2. The zero-order valence-corrected chi connectivity index (χ0v) is 50.9. The molecule has 0 saturated carbocycles. The predicted molar refractivity (Wildman–Crippen MR) is 297 cm³/mol. The lowest BCUT2D eigenvalue weighted by atomic mass is 10.3. The third kappa shape index (κ3) is 48.2. The zero-order valence-electron chi connectivity index (χ0n) is 50.9. The number of aliphatic hydroxyl groups is 2. The molecule has 0 bridgehead atoms. The molecule has 2 aliphatic heterocycles. The number of ether oxygens (including phenoxy) is 18. The van der Waals surface area contributed by atoms with Crippen LogP contribution in [0.2, 0.25) is 0 Å². The summed E-state index contributed by atoms with van der Waals surface area (Å²) in [6.45, 7) is 36.5. The van der Waals surface area contributed by atoms with E-state index in [2.05, 4.69) is 20.1 Å². The minimum atomic E-state index is -0.841. The number of aliphatic hydroxyl groups excluding tert-OH is 2. The third-order valence-electron chi connectivity index (χ3n) is 11.4. The van der Waals surface area contributed by atoms with E-state index in [4.69, 9.17) is 96.3 Å². The van der Waals surface area contributed by atoms with E-state index in [9.17, 15) is 10.2 Å². The molecule has 2 aliphatic rings. The molecule has 0 aliphatic carbocycles. The molecule has 0 amide bonds. The molecule has 26 nitrogen and oxygen atoms in total. The van der Waals surface area contributed by atoms with E-state index < -0.39 is 12.2 Å². The van der Waals surface area contributed by atoms with Crippen molar-refractivity contribution in [1.29, 1.82) is 0 Å². The fraction of sp³-hybridized carbons (Fsp3) is 1.00. The molecule has 2 fully saturated rings. The van der Waals surface area contributed by atoms with Gasteiger partial charge in [0.25, 0.3) is 0 Å². The summed E-state index contributed by atoms with van der Waals surface area (Å²) in [5.74, 6) is 0. The molecule has 18 atom stereocenters. The fourth-order valence-corrected chi connectivity index (χ4v) is 6.25. The van der Waals surface area contributed by atoms with Crippen molar-refractivity contribution in [1.82, 2.24) is 0 Å². The quantitative estimate of drug-likeness (QED) is 0.0314. The van der Waals surface area contributed by atoms with Gasteiger partial charge in [0.05, 0.1) is 243 Å². The summed E-state index contributed by atoms with van der Waals surface area (Å²) in [7, 11) is 0. The molecular weight excluding hydrogens is 1050 g/mol. The van der Waals surface area contributed by atoms with E-state index in [1.54, 1.807) is 0 Å². The van der Waals surface area contributed by atoms with E-state index in [-0.39, 0.29) is 124 Å². The highest BCUT2D eigenvalue weighted by Crippen LogP contribution is 2.12. The first kappa shape index (κ1) is 75.8. The summed E-state index contributed by atoms with van der Waals surface area (Å²) in [5.41, 5.74) is 16.5. The van der Waals surface area contributed by atoms with E-state index >= 15 is 0 Å². The lowest BCUT2D eigenvalue weighted by molar-refractivity contribution is -0.109. The van der Waals surface area contributed by atoms with Crippen molar-refractivity contribution < 1.29 is 95.5 Å². The largest absolute Gasteiger partial charge is 0.391 e. The third-order valence-corrected chi connectivity index (χ3v) is 11.4. The Bertz CT molecular complexity index is 1560. The van der Waals surface area contributed by atoms with Gasteiger partial charge in [-0.05, 0) is 108 Å².